The fourth-order valence-corrected chi connectivity index (χ4v) is 3.67. The van der Waals surface area contributed by atoms with Crippen molar-refractivity contribution < 1.29 is 14.3 Å². The molecule has 94 valence electrons. The molecule has 2 saturated carbocycles. The van der Waals surface area contributed by atoms with Crippen molar-refractivity contribution in [3.63, 3.8) is 0 Å². The van der Waals surface area contributed by atoms with Crippen molar-refractivity contribution in [3.8, 4) is 0 Å². The number of fused-ring (bicyclic) bond motifs is 1. The number of hydrogen-bond donors (Lipinski definition) is 1. The molecule has 0 spiro atoms. The average Bonchev–Trinajstić information content (AvgIpc) is 2.91. The fraction of sp³-hybridized carbons (Fsp3) is 0.615. The third-order valence-corrected chi connectivity index (χ3v) is 4.46. The molecule has 3 aliphatic rings. The Morgan fingerprint density at radius 2 is 2.33 bits per heavy atom. The van der Waals surface area contributed by atoms with Crippen molar-refractivity contribution in [3.05, 3.63) is 23.6 Å². The van der Waals surface area contributed by atoms with Gasteiger partial charge >= 0.3 is 11.7 Å². The summed E-state index contributed by atoms with van der Waals surface area (Å²) in [5, 5.41) is 2.82. The average molecular weight is 246 g/mol. The van der Waals surface area contributed by atoms with Gasteiger partial charge in [0.2, 0.25) is 5.91 Å². The first kappa shape index (κ1) is 11.3. The molecule has 2 bridgehead atoms. The molecule has 0 aromatic rings. The summed E-state index contributed by atoms with van der Waals surface area (Å²) in [4.78, 5) is 27.0. The van der Waals surface area contributed by atoms with E-state index in [9.17, 15) is 9.59 Å². The topological polar surface area (TPSA) is 59.8 Å². The first-order valence-electron chi connectivity index (χ1n) is 6.07. The first-order valence-corrected chi connectivity index (χ1v) is 6.07. The van der Waals surface area contributed by atoms with Gasteiger partial charge in [-0.25, -0.2) is 6.57 Å². The second kappa shape index (κ2) is 3.35. The van der Waals surface area contributed by atoms with Gasteiger partial charge < -0.3 is 10.1 Å². The Morgan fingerprint density at radius 3 is 2.94 bits per heavy atom. The molecule has 0 radical (unpaired) electrons. The lowest BCUT2D eigenvalue weighted by Gasteiger charge is -2.28. The lowest BCUT2D eigenvalue weighted by molar-refractivity contribution is -0.148. The van der Waals surface area contributed by atoms with E-state index in [1.54, 1.807) is 6.92 Å². The van der Waals surface area contributed by atoms with Gasteiger partial charge in [0.05, 0.1) is 11.8 Å². The van der Waals surface area contributed by atoms with Gasteiger partial charge in [-0.3, -0.25) is 14.4 Å². The highest BCUT2D eigenvalue weighted by atomic mass is 16.6. The molecule has 5 heteroatoms. The monoisotopic (exact) mass is 246 g/mol. The number of nitrogens with one attached hydrogen (secondary N) is 1. The first-order chi connectivity index (χ1) is 8.49. The summed E-state index contributed by atoms with van der Waals surface area (Å²) < 4.78 is 5.33. The van der Waals surface area contributed by atoms with E-state index < -0.39 is 5.72 Å². The Kier molecular flexibility index (Phi) is 2.10. The standard InChI is InChI=1S/C13H14N2O3/c1-6(2)11(16)15-10-7-4-8-9(5-7)13(10,14-3)18-12(8)17/h7-10H,1,4-5H2,2H3,(H,15,16). The van der Waals surface area contributed by atoms with Crippen LogP contribution in [0.15, 0.2) is 12.2 Å². The molecule has 1 aliphatic heterocycles. The number of carbonyl (C=O) groups is 2. The summed E-state index contributed by atoms with van der Waals surface area (Å²) >= 11 is 0. The fourth-order valence-electron chi connectivity index (χ4n) is 3.67. The van der Waals surface area contributed by atoms with Gasteiger partial charge in [-0.1, -0.05) is 6.58 Å². The van der Waals surface area contributed by atoms with Gasteiger partial charge in [-0.05, 0) is 25.7 Å². The molecule has 5 unspecified atom stereocenters. The highest BCUT2D eigenvalue weighted by molar-refractivity contribution is 5.92. The van der Waals surface area contributed by atoms with E-state index >= 15 is 0 Å². The minimum Gasteiger partial charge on any atom is -0.387 e. The molecular formula is C13H14N2O3. The van der Waals surface area contributed by atoms with Gasteiger partial charge in [0.1, 0.15) is 0 Å². The largest absolute Gasteiger partial charge is 0.401 e. The van der Waals surface area contributed by atoms with E-state index in [0.29, 0.717) is 5.57 Å². The van der Waals surface area contributed by atoms with Crippen molar-refractivity contribution in [2.24, 2.45) is 17.8 Å². The quantitative estimate of drug-likeness (QED) is 0.447. The second-order valence-corrected chi connectivity index (χ2v) is 5.46. The molecule has 3 fully saturated rings. The molecule has 1 heterocycles. The lowest BCUT2D eigenvalue weighted by atomic mass is 9.82. The number of esters is 1. The third-order valence-electron chi connectivity index (χ3n) is 4.46. The number of amides is 1. The van der Waals surface area contributed by atoms with Crippen LogP contribution in [0.5, 0.6) is 0 Å². The van der Waals surface area contributed by atoms with Crippen molar-refractivity contribution in [2.45, 2.75) is 31.5 Å². The Balaban J connectivity index is 1.93. The predicted octanol–water partition coefficient (Wildman–Crippen LogP) is 0.876. The van der Waals surface area contributed by atoms with Crippen LogP contribution in [0.4, 0.5) is 0 Å². The smallest absolute Gasteiger partial charge is 0.387 e. The molecule has 2 aliphatic carbocycles. The van der Waals surface area contributed by atoms with Crippen molar-refractivity contribution in [1.82, 2.24) is 5.32 Å². The van der Waals surface area contributed by atoms with Crippen LogP contribution in [0.25, 0.3) is 4.85 Å². The van der Waals surface area contributed by atoms with E-state index in [4.69, 9.17) is 11.3 Å². The molecule has 3 rings (SSSR count). The van der Waals surface area contributed by atoms with Crippen molar-refractivity contribution >= 4 is 11.9 Å². The van der Waals surface area contributed by atoms with Crippen LogP contribution < -0.4 is 5.32 Å². The van der Waals surface area contributed by atoms with Crippen molar-refractivity contribution in [1.29, 1.82) is 0 Å². The molecule has 5 atom stereocenters. The summed E-state index contributed by atoms with van der Waals surface area (Å²) in [6.45, 7) is 12.6. The van der Waals surface area contributed by atoms with E-state index in [-0.39, 0.29) is 35.7 Å². The maximum Gasteiger partial charge on any atom is 0.401 e. The number of ether oxygens (including phenoxy) is 1. The van der Waals surface area contributed by atoms with Gasteiger partial charge in [0.15, 0.2) is 6.04 Å². The molecule has 1 N–H and O–H groups in total. The van der Waals surface area contributed by atoms with Crippen LogP contribution in [-0.2, 0) is 14.3 Å². The van der Waals surface area contributed by atoms with E-state index in [1.165, 1.54) is 0 Å². The summed E-state index contributed by atoms with van der Waals surface area (Å²) in [5.74, 6) is -0.561. The Labute approximate surface area is 105 Å². The SMILES string of the molecule is [C-]#[N+]C12OC(=O)C3CC(CC31)C2NC(=O)C(=C)C. The Morgan fingerprint density at radius 1 is 1.61 bits per heavy atom. The van der Waals surface area contributed by atoms with E-state index in [0.717, 1.165) is 12.8 Å². The number of nitrogens with zero attached hydrogens (tertiary/aromatic N) is 1. The van der Waals surface area contributed by atoms with Crippen molar-refractivity contribution in [2.75, 3.05) is 0 Å². The molecule has 5 nitrogen and oxygen atoms in total. The van der Waals surface area contributed by atoms with Crippen LogP contribution in [0.2, 0.25) is 0 Å². The molecule has 0 aromatic heterocycles. The molecule has 18 heavy (non-hydrogen) atoms. The minimum absolute atomic E-state index is 0.0529. The molecule has 0 aromatic carbocycles. The summed E-state index contributed by atoms with van der Waals surface area (Å²) in [6.07, 6.45) is 1.52. The number of hydrogen-bond acceptors (Lipinski definition) is 3. The second-order valence-electron chi connectivity index (χ2n) is 5.46. The highest BCUT2D eigenvalue weighted by Crippen LogP contribution is 2.60. The van der Waals surface area contributed by atoms with Crippen LogP contribution in [-0.4, -0.2) is 23.6 Å². The Bertz CT molecular complexity index is 507. The lowest BCUT2D eigenvalue weighted by Crippen LogP contribution is -2.54. The maximum atomic E-state index is 11.7. The van der Waals surface area contributed by atoms with Crippen LogP contribution in [0, 0.1) is 24.3 Å². The zero-order chi connectivity index (χ0) is 13.1. The van der Waals surface area contributed by atoms with E-state index in [2.05, 4.69) is 16.7 Å². The zero-order valence-electron chi connectivity index (χ0n) is 10.1. The van der Waals surface area contributed by atoms with Crippen LogP contribution in [0.3, 0.4) is 0 Å². The summed E-state index contributed by atoms with van der Waals surface area (Å²) in [5.41, 5.74) is -0.755. The Hall–Kier alpha value is -1.83. The minimum atomic E-state index is -1.16. The van der Waals surface area contributed by atoms with Crippen LogP contribution in [0.1, 0.15) is 19.8 Å². The summed E-state index contributed by atoms with van der Waals surface area (Å²) in [7, 11) is 0. The number of rotatable bonds is 2. The van der Waals surface area contributed by atoms with Gasteiger partial charge in [0, 0.05) is 5.57 Å². The van der Waals surface area contributed by atoms with Gasteiger partial charge in [-0.15, -0.1) is 0 Å². The maximum absolute atomic E-state index is 11.7. The van der Waals surface area contributed by atoms with Gasteiger partial charge in [0.25, 0.3) is 0 Å². The third kappa shape index (κ3) is 1.15. The normalized spacial score (nSPS) is 43.4. The predicted molar refractivity (Wildman–Crippen MR) is 61.9 cm³/mol. The number of carbonyl (C=O) groups excluding carboxylic acids is 2. The molecule has 1 amide bonds. The van der Waals surface area contributed by atoms with E-state index in [1.807, 2.05) is 0 Å². The van der Waals surface area contributed by atoms with Gasteiger partial charge in [-0.2, -0.15) is 0 Å². The highest BCUT2D eigenvalue weighted by Gasteiger charge is 2.77. The summed E-state index contributed by atoms with van der Waals surface area (Å²) in [6, 6.07) is -0.383. The molecular weight excluding hydrogens is 232 g/mol. The van der Waals surface area contributed by atoms with Crippen LogP contribution >= 0.6 is 0 Å². The molecule has 1 saturated heterocycles. The zero-order valence-corrected chi connectivity index (χ0v) is 10.1.